The van der Waals surface area contributed by atoms with Crippen LogP contribution in [0.25, 0.3) is 0 Å². The lowest BCUT2D eigenvalue weighted by atomic mass is 10.0. The summed E-state index contributed by atoms with van der Waals surface area (Å²) < 4.78 is 4.98. The minimum Gasteiger partial charge on any atom is -0.508 e. The fraction of sp³-hybridized carbons (Fsp3) is 0.133. The molecule has 0 unspecified atom stereocenters. The molecule has 2 aromatic rings. The van der Waals surface area contributed by atoms with Gasteiger partial charge in [0.2, 0.25) is 5.78 Å². The SMILES string of the molecule is O=C1c2c(O)cc(O)cc2OC[C@H]1O.Oc1ccccc1. The van der Waals surface area contributed by atoms with Crippen molar-refractivity contribution in [3.05, 3.63) is 48.0 Å². The third kappa shape index (κ3) is 3.43. The smallest absolute Gasteiger partial charge is 0.202 e. The molecule has 1 atom stereocenters. The Hall–Kier alpha value is -2.73. The van der Waals surface area contributed by atoms with Crippen LogP contribution in [0.2, 0.25) is 0 Å². The van der Waals surface area contributed by atoms with E-state index in [2.05, 4.69) is 0 Å². The Balaban J connectivity index is 0.000000194. The highest BCUT2D eigenvalue weighted by atomic mass is 16.5. The Morgan fingerprint density at radius 3 is 2.24 bits per heavy atom. The van der Waals surface area contributed by atoms with Crippen LogP contribution in [-0.2, 0) is 0 Å². The lowest BCUT2D eigenvalue weighted by molar-refractivity contribution is 0.0552. The predicted molar refractivity (Wildman–Crippen MR) is 73.7 cm³/mol. The van der Waals surface area contributed by atoms with Crippen LogP contribution in [0.1, 0.15) is 10.4 Å². The molecule has 110 valence electrons. The summed E-state index contributed by atoms with van der Waals surface area (Å²) in [6.45, 7) is -0.158. The molecule has 0 bridgehead atoms. The number of hydrogen-bond acceptors (Lipinski definition) is 6. The van der Waals surface area contributed by atoms with E-state index in [1.54, 1.807) is 24.3 Å². The first kappa shape index (κ1) is 14.7. The minimum absolute atomic E-state index is 0.0819. The minimum atomic E-state index is -1.25. The number of phenolic OH excluding ortho intramolecular Hbond substituents is 3. The van der Waals surface area contributed by atoms with Crippen LogP contribution in [0.5, 0.6) is 23.0 Å². The molecule has 4 N–H and O–H groups in total. The van der Waals surface area contributed by atoms with Gasteiger partial charge in [-0.25, -0.2) is 0 Å². The molecular formula is C15H14O6. The van der Waals surface area contributed by atoms with Gasteiger partial charge in [-0.05, 0) is 12.1 Å². The number of carbonyl (C=O) groups is 1. The van der Waals surface area contributed by atoms with E-state index in [9.17, 15) is 15.0 Å². The van der Waals surface area contributed by atoms with Gasteiger partial charge in [0, 0.05) is 12.1 Å². The van der Waals surface area contributed by atoms with E-state index < -0.39 is 11.9 Å². The average Bonchev–Trinajstić information content (AvgIpc) is 2.44. The highest BCUT2D eigenvalue weighted by molar-refractivity contribution is 6.05. The zero-order valence-electron chi connectivity index (χ0n) is 10.9. The zero-order chi connectivity index (χ0) is 15.4. The summed E-state index contributed by atoms with van der Waals surface area (Å²) in [5.41, 5.74) is -0.0819. The second-order valence-electron chi connectivity index (χ2n) is 4.36. The molecule has 0 amide bonds. The molecule has 0 saturated heterocycles. The number of ether oxygens (including phenoxy) is 1. The van der Waals surface area contributed by atoms with Gasteiger partial charge in [0.15, 0.2) is 6.10 Å². The summed E-state index contributed by atoms with van der Waals surface area (Å²) in [4.78, 5) is 11.4. The lowest BCUT2D eigenvalue weighted by Crippen LogP contribution is -2.32. The maximum Gasteiger partial charge on any atom is 0.202 e. The van der Waals surface area contributed by atoms with Crippen LogP contribution in [0.15, 0.2) is 42.5 Å². The second kappa shape index (κ2) is 6.15. The van der Waals surface area contributed by atoms with Crippen molar-refractivity contribution in [3.63, 3.8) is 0 Å². The van der Waals surface area contributed by atoms with Crippen molar-refractivity contribution in [2.45, 2.75) is 6.10 Å². The van der Waals surface area contributed by atoms with E-state index in [-0.39, 0.29) is 29.4 Å². The zero-order valence-corrected chi connectivity index (χ0v) is 10.9. The van der Waals surface area contributed by atoms with E-state index in [0.29, 0.717) is 5.75 Å². The molecule has 6 heteroatoms. The first-order valence-corrected chi connectivity index (χ1v) is 6.14. The van der Waals surface area contributed by atoms with Gasteiger partial charge in [-0.1, -0.05) is 18.2 Å². The molecule has 1 aliphatic rings. The van der Waals surface area contributed by atoms with Crippen LogP contribution in [0, 0.1) is 0 Å². The standard InChI is InChI=1S/C9H8O5.C6H6O/c10-4-1-5(11)8-7(2-4)14-3-6(12)9(8)13;7-6-4-2-1-3-5-6/h1-2,6,10-12H,3H2;1-5,7H/t6-;/m1./s1. The molecule has 6 nitrogen and oxygen atoms in total. The summed E-state index contributed by atoms with van der Waals surface area (Å²) >= 11 is 0. The molecule has 0 saturated carbocycles. The number of phenols is 3. The van der Waals surface area contributed by atoms with Gasteiger partial charge in [-0.2, -0.15) is 0 Å². The number of aliphatic hydroxyl groups is 1. The van der Waals surface area contributed by atoms with Gasteiger partial charge in [-0.3, -0.25) is 4.79 Å². The summed E-state index contributed by atoms with van der Waals surface area (Å²) in [6.07, 6.45) is -1.25. The molecule has 2 aromatic carbocycles. The summed E-state index contributed by atoms with van der Waals surface area (Å²) in [5, 5.41) is 36.3. The van der Waals surface area contributed by atoms with Crippen LogP contribution < -0.4 is 4.74 Å². The second-order valence-corrected chi connectivity index (χ2v) is 4.36. The number of carbonyl (C=O) groups excluding carboxylic acids is 1. The Morgan fingerprint density at radius 2 is 1.67 bits per heavy atom. The maximum absolute atomic E-state index is 11.4. The number of aliphatic hydroxyl groups excluding tert-OH is 1. The molecular weight excluding hydrogens is 276 g/mol. The van der Waals surface area contributed by atoms with Crippen LogP contribution in [-0.4, -0.2) is 38.9 Å². The van der Waals surface area contributed by atoms with Crippen molar-refractivity contribution < 1.29 is 30.0 Å². The van der Waals surface area contributed by atoms with Crippen molar-refractivity contribution in [3.8, 4) is 23.0 Å². The first-order chi connectivity index (χ1) is 9.99. The predicted octanol–water partition coefficient (Wildman–Crippen LogP) is 1.43. The number of aromatic hydroxyl groups is 3. The van der Waals surface area contributed by atoms with Gasteiger partial charge in [0.05, 0.1) is 0 Å². The van der Waals surface area contributed by atoms with E-state index in [1.807, 2.05) is 6.07 Å². The normalized spacial score (nSPS) is 16.2. The van der Waals surface area contributed by atoms with Gasteiger partial charge in [-0.15, -0.1) is 0 Å². The first-order valence-electron chi connectivity index (χ1n) is 6.14. The number of benzene rings is 2. The highest BCUT2D eigenvalue weighted by Gasteiger charge is 2.30. The summed E-state index contributed by atoms with van der Waals surface area (Å²) in [7, 11) is 0. The van der Waals surface area contributed by atoms with Crippen LogP contribution >= 0.6 is 0 Å². The monoisotopic (exact) mass is 290 g/mol. The average molecular weight is 290 g/mol. The molecule has 21 heavy (non-hydrogen) atoms. The molecule has 1 heterocycles. The van der Waals surface area contributed by atoms with Crippen molar-refractivity contribution in [2.75, 3.05) is 6.61 Å². The van der Waals surface area contributed by atoms with E-state index in [4.69, 9.17) is 14.9 Å². The molecule has 0 spiro atoms. The lowest BCUT2D eigenvalue weighted by Gasteiger charge is -2.21. The Morgan fingerprint density at radius 1 is 1.00 bits per heavy atom. The van der Waals surface area contributed by atoms with Crippen LogP contribution in [0.3, 0.4) is 0 Å². The molecule has 0 fully saturated rings. The number of rotatable bonds is 0. The number of ketones is 1. The third-order valence-electron chi connectivity index (χ3n) is 2.77. The van der Waals surface area contributed by atoms with Gasteiger partial charge in [0.25, 0.3) is 0 Å². The molecule has 0 radical (unpaired) electrons. The number of para-hydroxylation sites is 1. The Kier molecular flexibility index (Phi) is 4.30. The van der Waals surface area contributed by atoms with Crippen LogP contribution in [0.4, 0.5) is 0 Å². The number of Topliss-reactive ketones (excluding diaryl/α,β-unsaturated/α-hetero) is 1. The molecule has 3 rings (SSSR count). The maximum atomic E-state index is 11.4. The van der Waals surface area contributed by atoms with E-state index >= 15 is 0 Å². The molecule has 0 aromatic heterocycles. The summed E-state index contributed by atoms with van der Waals surface area (Å²) in [5.74, 6) is -0.752. The summed E-state index contributed by atoms with van der Waals surface area (Å²) in [6, 6.07) is 11.0. The van der Waals surface area contributed by atoms with Crippen molar-refractivity contribution in [2.24, 2.45) is 0 Å². The van der Waals surface area contributed by atoms with E-state index in [0.717, 1.165) is 6.07 Å². The fourth-order valence-corrected chi connectivity index (χ4v) is 1.79. The number of hydrogen-bond donors (Lipinski definition) is 4. The quantitative estimate of drug-likeness (QED) is 0.584. The Labute approximate surface area is 120 Å². The van der Waals surface area contributed by atoms with Gasteiger partial charge >= 0.3 is 0 Å². The van der Waals surface area contributed by atoms with Crippen molar-refractivity contribution >= 4 is 5.78 Å². The number of fused-ring (bicyclic) bond motifs is 1. The van der Waals surface area contributed by atoms with Gasteiger partial charge < -0.3 is 25.2 Å². The largest absolute Gasteiger partial charge is 0.508 e. The Bertz CT molecular complexity index is 638. The van der Waals surface area contributed by atoms with Gasteiger partial charge in [0.1, 0.15) is 35.2 Å². The molecule has 0 aliphatic carbocycles. The third-order valence-corrected chi connectivity index (χ3v) is 2.77. The molecule has 1 aliphatic heterocycles. The topological polar surface area (TPSA) is 107 Å². The van der Waals surface area contributed by atoms with Crippen molar-refractivity contribution in [1.29, 1.82) is 0 Å². The fourth-order valence-electron chi connectivity index (χ4n) is 1.79. The van der Waals surface area contributed by atoms with Crippen molar-refractivity contribution in [1.82, 2.24) is 0 Å². The van der Waals surface area contributed by atoms with E-state index in [1.165, 1.54) is 6.07 Å². The highest BCUT2D eigenvalue weighted by Crippen LogP contribution is 2.35.